The Bertz CT molecular complexity index is 1030. The van der Waals surface area contributed by atoms with E-state index in [2.05, 4.69) is 20.7 Å². The maximum absolute atomic E-state index is 12.3. The van der Waals surface area contributed by atoms with E-state index in [1.807, 2.05) is 0 Å². The Labute approximate surface area is 184 Å². The highest BCUT2D eigenvalue weighted by Gasteiger charge is 2.30. The number of urea groups is 1. The van der Waals surface area contributed by atoms with Gasteiger partial charge in [0.25, 0.3) is 0 Å². The first-order valence-electron chi connectivity index (χ1n) is 9.54. The molecule has 0 aromatic heterocycles. The fraction of sp³-hybridized carbons (Fsp3) is 0.368. The zero-order valence-corrected chi connectivity index (χ0v) is 18.5. The van der Waals surface area contributed by atoms with Crippen LogP contribution in [-0.2, 0) is 33.9 Å². The number of sulfonamides is 1. The molecule has 12 nitrogen and oxygen atoms in total. The number of hydrogen-bond donors (Lipinski definition) is 4. The molecule has 0 saturated heterocycles. The van der Waals surface area contributed by atoms with Crippen LogP contribution in [0.25, 0.3) is 0 Å². The van der Waals surface area contributed by atoms with E-state index in [-0.39, 0.29) is 28.7 Å². The maximum atomic E-state index is 12.3. The van der Waals surface area contributed by atoms with Gasteiger partial charge in [-0.05, 0) is 38.1 Å². The van der Waals surface area contributed by atoms with E-state index in [4.69, 9.17) is 9.47 Å². The molecule has 0 fully saturated rings. The summed E-state index contributed by atoms with van der Waals surface area (Å²) in [6.45, 7) is 3.48. The predicted molar refractivity (Wildman–Crippen MR) is 112 cm³/mol. The smallest absolute Gasteiger partial charge is 0.338 e. The number of amides is 3. The highest BCUT2D eigenvalue weighted by molar-refractivity contribution is 7.89. The molecule has 174 valence electrons. The summed E-state index contributed by atoms with van der Waals surface area (Å²) in [4.78, 5) is 46.8. The molecule has 1 atom stereocenters. The van der Waals surface area contributed by atoms with E-state index >= 15 is 0 Å². The van der Waals surface area contributed by atoms with Crippen LogP contribution in [0.3, 0.4) is 0 Å². The molecule has 0 bridgehead atoms. The molecule has 0 unspecified atom stereocenters. The van der Waals surface area contributed by atoms with Crippen molar-refractivity contribution in [1.82, 2.24) is 15.4 Å². The monoisotopic (exact) mass is 468 g/mol. The third-order valence-corrected chi connectivity index (χ3v) is 5.55. The van der Waals surface area contributed by atoms with Crippen LogP contribution in [-0.4, -0.2) is 58.1 Å². The third kappa shape index (κ3) is 6.78. The first-order chi connectivity index (χ1) is 15.0. The SMILES string of the molecule is CCOC(=O)C1=C(COC(=O)CNS(=O)(=O)c2ccc(NC(C)=O)cc2)NC(=O)N[C@H]1C. The molecule has 1 aliphatic rings. The van der Waals surface area contributed by atoms with Crippen molar-refractivity contribution in [2.24, 2.45) is 0 Å². The number of carbonyl (C=O) groups is 4. The second-order valence-electron chi connectivity index (χ2n) is 6.62. The largest absolute Gasteiger partial charge is 0.463 e. The van der Waals surface area contributed by atoms with Crippen LogP contribution >= 0.6 is 0 Å². The summed E-state index contributed by atoms with van der Waals surface area (Å²) >= 11 is 0. The highest BCUT2D eigenvalue weighted by Crippen LogP contribution is 2.15. The van der Waals surface area contributed by atoms with Crippen molar-refractivity contribution < 1.29 is 37.1 Å². The van der Waals surface area contributed by atoms with Gasteiger partial charge in [0, 0.05) is 12.6 Å². The molecule has 1 aromatic rings. The Morgan fingerprint density at radius 1 is 1.12 bits per heavy atom. The quantitative estimate of drug-likeness (QED) is 0.367. The minimum Gasteiger partial charge on any atom is -0.463 e. The summed E-state index contributed by atoms with van der Waals surface area (Å²) in [5.41, 5.74) is 0.559. The van der Waals surface area contributed by atoms with Gasteiger partial charge in [0.05, 0.1) is 28.8 Å². The van der Waals surface area contributed by atoms with Crippen LogP contribution in [0.5, 0.6) is 0 Å². The third-order valence-electron chi connectivity index (χ3n) is 4.13. The van der Waals surface area contributed by atoms with Gasteiger partial charge in [-0.25, -0.2) is 18.0 Å². The number of esters is 2. The van der Waals surface area contributed by atoms with Crippen molar-refractivity contribution in [3.63, 3.8) is 0 Å². The minimum atomic E-state index is -4.02. The molecule has 0 radical (unpaired) electrons. The molecule has 0 aliphatic carbocycles. The molecule has 1 aromatic carbocycles. The first-order valence-corrected chi connectivity index (χ1v) is 11.0. The summed E-state index contributed by atoms with van der Waals surface area (Å²) in [5, 5.41) is 7.40. The van der Waals surface area contributed by atoms with Crippen molar-refractivity contribution in [2.45, 2.75) is 31.7 Å². The Balaban J connectivity index is 1.99. The maximum Gasteiger partial charge on any atom is 0.338 e. The lowest BCUT2D eigenvalue weighted by Crippen LogP contribution is -2.50. The van der Waals surface area contributed by atoms with Gasteiger partial charge in [-0.15, -0.1) is 0 Å². The number of anilines is 1. The van der Waals surface area contributed by atoms with Crippen LogP contribution < -0.4 is 20.7 Å². The van der Waals surface area contributed by atoms with Crippen molar-refractivity contribution in [3.05, 3.63) is 35.5 Å². The van der Waals surface area contributed by atoms with E-state index < -0.39 is 47.2 Å². The summed E-state index contributed by atoms with van der Waals surface area (Å²) in [7, 11) is -4.02. The number of nitrogens with one attached hydrogen (secondary N) is 4. The highest BCUT2D eigenvalue weighted by atomic mass is 32.2. The zero-order chi connectivity index (χ0) is 23.9. The van der Waals surface area contributed by atoms with Gasteiger partial charge in [0.2, 0.25) is 15.9 Å². The number of carbonyl (C=O) groups excluding carboxylic acids is 4. The Kier molecular flexibility index (Phi) is 8.32. The van der Waals surface area contributed by atoms with Crippen molar-refractivity contribution >= 4 is 39.6 Å². The molecule has 1 heterocycles. The summed E-state index contributed by atoms with van der Waals surface area (Å²) in [5.74, 6) is -1.91. The molecule has 1 aliphatic heterocycles. The van der Waals surface area contributed by atoms with Gasteiger partial charge in [0.1, 0.15) is 13.2 Å². The molecule has 0 saturated carbocycles. The molecule has 13 heteroatoms. The lowest BCUT2D eigenvalue weighted by Gasteiger charge is -2.26. The fourth-order valence-corrected chi connectivity index (χ4v) is 3.72. The van der Waals surface area contributed by atoms with Crippen LogP contribution in [0.15, 0.2) is 40.4 Å². The molecular formula is C19H24N4O8S. The van der Waals surface area contributed by atoms with E-state index in [1.165, 1.54) is 31.2 Å². The zero-order valence-electron chi connectivity index (χ0n) is 17.7. The summed E-state index contributed by atoms with van der Waals surface area (Å²) in [6.07, 6.45) is 0. The van der Waals surface area contributed by atoms with Gasteiger partial charge in [-0.1, -0.05) is 0 Å². The normalized spacial score (nSPS) is 16.0. The van der Waals surface area contributed by atoms with Crippen LogP contribution in [0.4, 0.5) is 10.5 Å². The van der Waals surface area contributed by atoms with Gasteiger partial charge in [0.15, 0.2) is 0 Å². The van der Waals surface area contributed by atoms with E-state index in [1.54, 1.807) is 13.8 Å². The van der Waals surface area contributed by atoms with Crippen molar-refractivity contribution in [3.8, 4) is 0 Å². The second kappa shape index (κ2) is 10.7. The number of hydrogen-bond acceptors (Lipinski definition) is 8. The van der Waals surface area contributed by atoms with Crippen molar-refractivity contribution in [2.75, 3.05) is 25.1 Å². The van der Waals surface area contributed by atoms with Gasteiger partial charge in [-0.2, -0.15) is 4.72 Å². The topological polar surface area (TPSA) is 169 Å². The minimum absolute atomic E-state index is 0.0458. The van der Waals surface area contributed by atoms with Crippen LogP contribution in [0.2, 0.25) is 0 Å². The molecule has 0 spiro atoms. The fourth-order valence-electron chi connectivity index (χ4n) is 2.75. The summed E-state index contributed by atoms with van der Waals surface area (Å²) < 4.78 is 36.7. The number of ether oxygens (including phenoxy) is 2. The number of benzene rings is 1. The first kappa shape index (κ1) is 24.8. The van der Waals surface area contributed by atoms with Crippen LogP contribution in [0, 0.1) is 0 Å². The molecule has 2 rings (SSSR count). The number of rotatable bonds is 9. The van der Waals surface area contributed by atoms with E-state index in [0.717, 1.165) is 0 Å². The lowest BCUT2D eigenvalue weighted by molar-refractivity contribution is -0.142. The molecular weight excluding hydrogens is 444 g/mol. The Hall–Kier alpha value is -3.45. The predicted octanol–water partition coefficient (Wildman–Crippen LogP) is -0.0150. The van der Waals surface area contributed by atoms with E-state index in [9.17, 15) is 27.6 Å². The lowest BCUT2D eigenvalue weighted by atomic mass is 10.0. The Morgan fingerprint density at radius 3 is 2.38 bits per heavy atom. The van der Waals surface area contributed by atoms with Gasteiger partial charge >= 0.3 is 18.0 Å². The van der Waals surface area contributed by atoms with Gasteiger partial charge < -0.3 is 25.4 Å². The van der Waals surface area contributed by atoms with E-state index in [0.29, 0.717) is 5.69 Å². The Morgan fingerprint density at radius 2 is 1.78 bits per heavy atom. The summed E-state index contributed by atoms with van der Waals surface area (Å²) in [6, 6.07) is 4.08. The second-order valence-corrected chi connectivity index (χ2v) is 8.39. The van der Waals surface area contributed by atoms with Crippen molar-refractivity contribution in [1.29, 1.82) is 0 Å². The van der Waals surface area contributed by atoms with Crippen LogP contribution in [0.1, 0.15) is 20.8 Å². The molecule has 3 amide bonds. The molecule has 4 N–H and O–H groups in total. The average molecular weight is 468 g/mol. The standard InChI is InChI=1S/C19H24N4O8S/c1-4-30-18(26)17-11(2)21-19(27)23-15(17)10-31-16(25)9-20-32(28,29)14-7-5-13(6-8-14)22-12(3)24/h5-8,11,20H,4,9-10H2,1-3H3,(H,22,24)(H2,21,23,27)/t11-/m0/s1. The van der Waals surface area contributed by atoms with Gasteiger partial charge in [-0.3, -0.25) is 9.59 Å². The average Bonchev–Trinajstić information content (AvgIpc) is 2.70. The molecule has 32 heavy (non-hydrogen) atoms.